The van der Waals surface area contributed by atoms with E-state index in [0.717, 1.165) is 18.2 Å². The van der Waals surface area contributed by atoms with Gasteiger partial charge < -0.3 is 10.1 Å². The van der Waals surface area contributed by atoms with Gasteiger partial charge in [-0.3, -0.25) is 4.79 Å². The van der Waals surface area contributed by atoms with Crippen molar-refractivity contribution in [3.63, 3.8) is 0 Å². The predicted molar refractivity (Wildman–Crippen MR) is 126 cm³/mol. The SMILES string of the molecule is N#C/C(=C\c1cc(Br)cc(Br)c1OCc1ccccc1F)C(=O)Nc1cccc(C(F)(F)F)c1. The lowest BCUT2D eigenvalue weighted by atomic mass is 10.1. The summed E-state index contributed by atoms with van der Waals surface area (Å²) in [6, 6.07) is 15.1. The minimum Gasteiger partial charge on any atom is -0.487 e. The largest absolute Gasteiger partial charge is 0.487 e. The highest BCUT2D eigenvalue weighted by Gasteiger charge is 2.30. The third-order valence-electron chi connectivity index (χ3n) is 4.48. The Balaban J connectivity index is 1.90. The zero-order valence-corrected chi connectivity index (χ0v) is 20.3. The number of nitrogens with one attached hydrogen (secondary N) is 1. The molecule has 4 nitrogen and oxygen atoms in total. The molecule has 3 aromatic rings. The van der Waals surface area contributed by atoms with E-state index in [-0.39, 0.29) is 23.6 Å². The average molecular weight is 598 g/mol. The summed E-state index contributed by atoms with van der Waals surface area (Å²) in [6.45, 7) is -0.119. The molecule has 0 aliphatic heterocycles. The molecule has 0 aliphatic carbocycles. The van der Waals surface area contributed by atoms with Crippen LogP contribution in [0.4, 0.5) is 23.2 Å². The van der Waals surface area contributed by atoms with Gasteiger partial charge in [-0.2, -0.15) is 18.4 Å². The summed E-state index contributed by atoms with van der Waals surface area (Å²) in [5.41, 5.74) is -0.818. The summed E-state index contributed by atoms with van der Waals surface area (Å²) in [5, 5.41) is 11.8. The molecule has 1 amide bonds. The zero-order valence-electron chi connectivity index (χ0n) is 17.1. The first-order valence-electron chi connectivity index (χ1n) is 9.54. The lowest BCUT2D eigenvalue weighted by Crippen LogP contribution is -2.14. The van der Waals surface area contributed by atoms with Crippen LogP contribution in [0.5, 0.6) is 5.75 Å². The van der Waals surface area contributed by atoms with Crippen molar-refractivity contribution in [3.8, 4) is 11.8 Å². The first kappa shape index (κ1) is 25.5. The van der Waals surface area contributed by atoms with Crippen LogP contribution in [0, 0.1) is 17.1 Å². The number of carbonyl (C=O) groups is 1. The lowest BCUT2D eigenvalue weighted by Gasteiger charge is -2.13. The van der Waals surface area contributed by atoms with Crippen LogP contribution in [-0.4, -0.2) is 5.91 Å². The van der Waals surface area contributed by atoms with Gasteiger partial charge in [0, 0.05) is 21.3 Å². The van der Waals surface area contributed by atoms with Crippen LogP contribution in [0.3, 0.4) is 0 Å². The maximum atomic E-state index is 14.0. The van der Waals surface area contributed by atoms with Crippen molar-refractivity contribution >= 4 is 49.5 Å². The summed E-state index contributed by atoms with van der Waals surface area (Å²) in [6.07, 6.45) is -3.35. The van der Waals surface area contributed by atoms with Crippen LogP contribution >= 0.6 is 31.9 Å². The number of alkyl halides is 3. The van der Waals surface area contributed by atoms with Crippen molar-refractivity contribution in [2.75, 3.05) is 5.32 Å². The highest BCUT2D eigenvalue weighted by molar-refractivity contribution is 9.11. The molecule has 0 atom stereocenters. The topological polar surface area (TPSA) is 62.1 Å². The Morgan fingerprint density at radius 2 is 1.82 bits per heavy atom. The van der Waals surface area contributed by atoms with E-state index in [2.05, 4.69) is 37.2 Å². The zero-order chi connectivity index (χ0) is 24.9. The van der Waals surface area contributed by atoms with E-state index in [9.17, 15) is 27.6 Å². The molecular formula is C24H14Br2F4N2O2. The molecule has 3 aromatic carbocycles. The summed E-state index contributed by atoms with van der Waals surface area (Å²) in [7, 11) is 0. The molecule has 0 unspecified atom stereocenters. The molecule has 1 N–H and O–H groups in total. The van der Waals surface area contributed by atoms with Crippen molar-refractivity contribution in [3.05, 3.63) is 97.7 Å². The van der Waals surface area contributed by atoms with E-state index in [1.165, 1.54) is 18.2 Å². The van der Waals surface area contributed by atoms with Gasteiger partial charge in [-0.25, -0.2) is 4.39 Å². The van der Waals surface area contributed by atoms with Crippen LogP contribution in [0.2, 0.25) is 0 Å². The second-order valence-corrected chi connectivity index (χ2v) is 8.66. The highest BCUT2D eigenvalue weighted by Crippen LogP contribution is 2.35. The average Bonchev–Trinajstić information content (AvgIpc) is 2.77. The van der Waals surface area contributed by atoms with Gasteiger partial charge in [-0.05, 0) is 58.4 Å². The third kappa shape index (κ3) is 6.46. The number of anilines is 1. The molecule has 0 fully saturated rings. The van der Waals surface area contributed by atoms with Gasteiger partial charge in [0.15, 0.2) is 0 Å². The Morgan fingerprint density at radius 1 is 1.09 bits per heavy atom. The number of hydrogen-bond acceptors (Lipinski definition) is 3. The fourth-order valence-corrected chi connectivity index (χ4v) is 4.25. The summed E-state index contributed by atoms with van der Waals surface area (Å²) >= 11 is 6.67. The van der Waals surface area contributed by atoms with E-state index < -0.39 is 23.5 Å². The van der Waals surface area contributed by atoms with E-state index in [4.69, 9.17) is 4.74 Å². The van der Waals surface area contributed by atoms with Gasteiger partial charge in [-0.1, -0.05) is 40.2 Å². The van der Waals surface area contributed by atoms with E-state index in [0.29, 0.717) is 20.1 Å². The van der Waals surface area contributed by atoms with Crippen molar-refractivity contribution in [2.45, 2.75) is 12.8 Å². The first-order chi connectivity index (χ1) is 16.1. The number of nitriles is 1. The van der Waals surface area contributed by atoms with E-state index in [1.807, 2.05) is 0 Å². The molecule has 0 saturated carbocycles. The Bertz CT molecular complexity index is 1300. The maximum absolute atomic E-state index is 14.0. The van der Waals surface area contributed by atoms with Crippen molar-refractivity contribution in [2.24, 2.45) is 0 Å². The minimum atomic E-state index is -4.58. The fourth-order valence-electron chi connectivity index (χ4n) is 2.88. The summed E-state index contributed by atoms with van der Waals surface area (Å²) in [4.78, 5) is 12.6. The molecule has 0 saturated heterocycles. The van der Waals surface area contributed by atoms with Crippen molar-refractivity contribution in [1.29, 1.82) is 5.26 Å². The minimum absolute atomic E-state index is 0.118. The Morgan fingerprint density at radius 3 is 2.50 bits per heavy atom. The molecule has 0 spiro atoms. The van der Waals surface area contributed by atoms with E-state index in [1.54, 1.807) is 36.4 Å². The molecule has 174 valence electrons. The number of halogens is 6. The van der Waals surface area contributed by atoms with Crippen LogP contribution in [-0.2, 0) is 17.6 Å². The fraction of sp³-hybridized carbons (Fsp3) is 0.0833. The molecule has 0 bridgehead atoms. The molecule has 0 heterocycles. The first-order valence-corrected chi connectivity index (χ1v) is 11.1. The Kier molecular flexibility index (Phi) is 8.12. The standard InChI is InChI=1S/C24H14Br2F4N2O2/c25-18-9-15(22(20(26)11-18)34-13-14-4-1-2-7-21(14)27)8-16(12-31)23(33)32-19-6-3-5-17(10-19)24(28,29)30/h1-11H,13H2,(H,32,33)/b16-8+. The van der Waals surface area contributed by atoms with Crippen LogP contribution in [0.15, 0.2) is 75.2 Å². The Labute approximate surface area is 209 Å². The normalized spacial score (nSPS) is 11.6. The molecule has 3 rings (SSSR count). The van der Waals surface area contributed by atoms with Gasteiger partial charge >= 0.3 is 6.18 Å². The monoisotopic (exact) mass is 596 g/mol. The number of ether oxygens (including phenoxy) is 1. The van der Waals surface area contributed by atoms with Gasteiger partial charge in [0.05, 0.1) is 10.0 Å². The van der Waals surface area contributed by atoms with Gasteiger partial charge in [0.2, 0.25) is 0 Å². The number of nitrogens with zero attached hydrogens (tertiary/aromatic N) is 1. The number of rotatable bonds is 6. The smallest absolute Gasteiger partial charge is 0.416 e. The summed E-state index contributed by atoms with van der Waals surface area (Å²) < 4.78 is 59.6. The molecule has 0 aromatic heterocycles. The molecule has 0 radical (unpaired) electrons. The second-order valence-electron chi connectivity index (χ2n) is 6.89. The van der Waals surface area contributed by atoms with Gasteiger partial charge in [0.1, 0.15) is 29.8 Å². The van der Waals surface area contributed by atoms with Crippen LogP contribution < -0.4 is 10.1 Å². The third-order valence-corrected chi connectivity index (χ3v) is 5.53. The Hall–Kier alpha value is -3.16. The second kappa shape index (κ2) is 10.8. The van der Waals surface area contributed by atoms with E-state index >= 15 is 0 Å². The number of hydrogen-bond donors (Lipinski definition) is 1. The molecule has 10 heteroatoms. The maximum Gasteiger partial charge on any atom is 0.416 e. The van der Waals surface area contributed by atoms with Crippen molar-refractivity contribution < 1.29 is 27.1 Å². The predicted octanol–water partition coefficient (Wildman–Crippen LogP) is 7.49. The number of amides is 1. The molecular weight excluding hydrogens is 584 g/mol. The molecule has 34 heavy (non-hydrogen) atoms. The molecule has 0 aliphatic rings. The number of carbonyl (C=O) groups excluding carboxylic acids is 1. The van der Waals surface area contributed by atoms with Gasteiger partial charge in [-0.15, -0.1) is 0 Å². The quantitative estimate of drug-likeness (QED) is 0.182. The number of benzene rings is 3. The van der Waals surface area contributed by atoms with Crippen LogP contribution in [0.25, 0.3) is 6.08 Å². The van der Waals surface area contributed by atoms with Crippen LogP contribution in [0.1, 0.15) is 16.7 Å². The van der Waals surface area contributed by atoms with Crippen molar-refractivity contribution in [1.82, 2.24) is 0 Å². The lowest BCUT2D eigenvalue weighted by molar-refractivity contribution is -0.137. The van der Waals surface area contributed by atoms with Gasteiger partial charge in [0.25, 0.3) is 5.91 Å². The summed E-state index contributed by atoms with van der Waals surface area (Å²) in [5.74, 6) is -1.12. The highest BCUT2D eigenvalue weighted by atomic mass is 79.9.